The number of nitrogens with zero attached hydrogens (tertiary/aromatic N) is 3. The van der Waals surface area contributed by atoms with Crippen molar-refractivity contribution >= 4 is 11.9 Å². The van der Waals surface area contributed by atoms with Crippen LogP contribution in [0.2, 0.25) is 0 Å². The number of carbonyl (C=O) groups is 2. The zero-order chi connectivity index (χ0) is 13.4. The lowest BCUT2D eigenvalue weighted by atomic mass is 10.2. The highest BCUT2D eigenvalue weighted by Gasteiger charge is 2.08. The summed E-state index contributed by atoms with van der Waals surface area (Å²) in [6.07, 6.45) is 3.38. The van der Waals surface area contributed by atoms with Gasteiger partial charge in [0, 0.05) is 13.0 Å². The molecule has 1 aromatic heterocycles. The van der Waals surface area contributed by atoms with E-state index in [2.05, 4.69) is 15.6 Å². The van der Waals surface area contributed by atoms with Gasteiger partial charge < -0.3 is 16.2 Å². The van der Waals surface area contributed by atoms with Crippen LogP contribution in [0.1, 0.15) is 29.8 Å². The number of nitrogens with two attached hydrogens (primary N) is 1. The molecule has 0 aliphatic heterocycles. The summed E-state index contributed by atoms with van der Waals surface area (Å²) in [5.74, 6) is -1.16. The van der Waals surface area contributed by atoms with Crippen LogP contribution in [0.3, 0.4) is 0 Å². The largest absolute Gasteiger partial charge is 0.476 e. The van der Waals surface area contributed by atoms with Crippen molar-refractivity contribution in [3.05, 3.63) is 11.9 Å². The third kappa shape index (κ3) is 4.91. The summed E-state index contributed by atoms with van der Waals surface area (Å²) >= 11 is 0. The van der Waals surface area contributed by atoms with Crippen LogP contribution in [0.4, 0.5) is 0 Å². The maximum absolute atomic E-state index is 11.3. The van der Waals surface area contributed by atoms with Gasteiger partial charge in [-0.05, 0) is 19.4 Å². The van der Waals surface area contributed by atoms with Crippen LogP contribution in [-0.4, -0.2) is 45.1 Å². The first kappa shape index (κ1) is 14.1. The molecule has 1 amide bonds. The van der Waals surface area contributed by atoms with Crippen LogP contribution in [0, 0.1) is 0 Å². The molecule has 4 N–H and O–H groups in total. The Balaban J connectivity index is 2.20. The Bertz CT molecular complexity index is 404. The Morgan fingerprint density at radius 1 is 1.44 bits per heavy atom. The number of carbonyl (C=O) groups excluding carboxylic acids is 1. The summed E-state index contributed by atoms with van der Waals surface area (Å²) in [6, 6.07) is 0. The van der Waals surface area contributed by atoms with Gasteiger partial charge in [-0.25, -0.2) is 9.48 Å². The van der Waals surface area contributed by atoms with Gasteiger partial charge in [0.1, 0.15) is 0 Å². The molecule has 8 heteroatoms. The minimum atomic E-state index is -1.12. The maximum atomic E-state index is 11.3. The van der Waals surface area contributed by atoms with E-state index in [0.29, 0.717) is 26.1 Å². The minimum Gasteiger partial charge on any atom is -0.476 e. The van der Waals surface area contributed by atoms with Gasteiger partial charge in [-0.2, -0.15) is 0 Å². The molecule has 18 heavy (non-hydrogen) atoms. The summed E-state index contributed by atoms with van der Waals surface area (Å²) in [6.45, 7) is 1.37. The highest BCUT2D eigenvalue weighted by atomic mass is 16.4. The average Bonchev–Trinajstić information content (AvgIpc) is 2.78. The molecule has 0 aliphatic carbocycles. The van der Waals surface area contributed by atoms with Crippen LogP contribution in [0.15, 0.2) is 6.20 Å². The fourth-order valence-corrected chi connectivity index (χ4v) is 1.33. The topological polar surface area (TPSA) is 123 Å². The molecule has 0 bridgehead atoms. The van der Waals surface area contributed by atoms with Gasteiger partial charge in [-0.15, -0.1) is 5.10 Å². The molecule has 8 nitrogen and oxygen atoms in total. The van der Waals surface area contributed by atoms with Crippen molar-refractivity contribution in [3.8, 4) is 0 Å². The van der Waals surface area contributed by atoms with Gasteiger partial charge in [0.2, 0.25) is 5.91 Å². The SMILES string of the molecule is NCCCCC(=O)NCCn1cc(C(=O)O)nn1. The van der Waals surface area contributed by atoms with Gasteiger partial charge in [0.15, 0.2) is 5.69 Å². The van der Waals surface area contributed by atoms with E-state index < -0.39 is 5.97 Å². The molecule has 100 valence electrons. The van der Waals surface area contributed by atoms with E-state index in [1.54, 1.807) is 0 Å². The third-order valence-electron chi connectivity index (χ3n) is 2.28. The Morgan fingerprint density at radius 3 is 2.83 bits per heavy atom. The molecule has 0 aliphatic rings. The lowest BCUT2D eigenvalue weighted by Crippen LogP contribution is -2.27. The monoisotopic (exact) mass is 255 g/mol. The molecule has 0 fully saturated rings. The van der Waals surface area contributed by atoms with E-state index in [1.807, 2.05) is 0 Å². The average molecular weight is 255 g/mol. The molecule has 0 atom stereocenters. The van der Waals surface area contributed by atoms with Gasteiger partial charge >= 0.3 is 5.97 Å². The maximum Gasteiger partial charge on any atom is 0.358 e. The number of aromatic nitrogens is 3. The normalized spacial score (nSPS) is 10.3. The lowest BCUT2D eigenvalue weighted by Gasteiger charge is -2.04. The van der Waals surface area contributed by atoms with Crippen molar-refractivity contribution in [1.82, 2.24) is 20.3 Å². The van der Waals surface area contributed by atoms with Crippen LogP contribution in [0.5, 0.6) is 0 Å². The van der Waals surface area contributed by atoms with E-state index in [0.717, 1.165) is 12.8 Å². The van der Waals surface area contributed by atoms with Gasteiger partial charge in [0.05, 0.1) is 12.7 Å². The zero-order valence-corrected chi connectivity index (χ0v) is 10.0. The number of rotatable bonds is 8. The Labute approximate surface area is 104 Å². The van der Waals surface area contributed by atoms with E-state index in [-0.39, 0.29) is 11.6 Å². The molecule has 0 unspecified atom stereocenters. The van der Waals surface area contributed by atoms with Gasteiger partial charge in [-0.1, -0.05) is 5.21 Å². The number of carboxylic acids is 1. The number of carboxylic acid groups (broad SMARTS) is 1. The van der Waals surface area contributed by atoms with E-state index in [1.165, 1.54) is 10.9 Å². The summed E-state index contributed by atoms with van der Waals surface area (Å²) in [5.41, 5.74) is 5.21. The molecule has 1 aromatic rings. The number of amides is 1. The minimum absolute atomic E-state index is 0.0398. The summed E-state index contributed by atoms with van der Waals surface area (Å²) in [4.78, 5) is 21.9. The molecule has 0 radical (unpaired) electrons. The zero-order valence-electron chi connectivity index (χ0n) is 10.0. The lowest BCUT2D eigenvalue weighted by molar-refractivity contribution is -0.121. The van der Waals surface area contributed by atoms with Gasteiger partial charge in [-0.3, -0.25) is 4.79 Å². The number of nitrogens with one attached hydrogen (secondary N) is 1. The first-order valence-electron chi connectivity index (χ1n) is 5.73. The van der Waals surface area contributed by atoms with Crippen molar-refractivity contribution in [2.24, 2.45) is 5.73 Å². The predicted molar refractivity (Wildman–Crippen MR) is 62.9 cm³/mol. The molecule has 0 spiro atoms. The number of aromatic carboxylic acids is 1. The smallest absolute Gasteiger partial charge is 0.358 e. The third-order valence-corrected chi connectivity index (χ3v) is 2.28. The van der Waals surface area contributed by atoms with Crippen molar-refractivity contribution in [2.45, 2.75) is 25.8 Å². The standard InChI is InChI=1S/C10H17N5O3/c11-4-2-1-3-9(16)12-5-6-15-7-8(10(17)18)13-14-15/h7H,1-6,11H2,(H,12,16)(H,17,18). The second-order valence-corrected chi connectivity index (χ2v) is 3.77. The Kier molecular flexibility index (Phi) is 5.78. The van der Waals surface area contributed by atoms with Crippen molar-refractivity contribution in [3.63, 3.8) is 0 Å². The second kappa shape index (κ2) is 7.38. The second-order valence-electron chi connectivity index (χ2n) is 3.77. The fourth-order valence-electron chi connectivity index (χ4n) is 1.33. The molecule has 0 aromatic carbocycles. The Hall–Kier alpha value is -1.96. The fraction of sp³-hybridized carbons (Fsp3) is 0.600. The quantitative estimate of drug-likeness (QED) is 0.524. The highest BCUT2D eigenvalue weighted by Crippen LogP contribution is 1.94. The molecular weight excluding hydrogens is 238 g/mol. The first-order valence-corrected chi connectivity index (χ1v) is 5.73. The van der Waals surface area contributed by atoms with Crippen molar-refractivity contribution in [1.29, 1.82) is 0 Å². The van der Waals surface area contributed by atoms with Crippen molar-refractivity contribution in [2.75, 3.05) is 13.1 Å². The van der Waals surface area contributed by atoms with Crippen LogP contribution < -0.4 is 11.1 Å². The number of hydrogen-bond acceptors (Lipinski definition) is 5. The van der Waals surface area contributed by atoms with E-state index in [9.17, 15) is 9.59 Å². The molecule has 1 heterocycles. The molecular formula is C10H17N5O3. The van der Waals surface area contributed by atoms with E-state index >= 15 is 0 Å². The molecule has 1 rings (SSSR count). The van der Waals surface area contributed by atoms with Gasteiger partial charge in [0.25, 0.3) is 0 Å². The van der Waals surface area contributed by atoms with Crippen LogP contribution in [0.25, 0.3) is 0 Å². The first-order chi connectivity index (χ1) is 8.63. The number of unbranched alkanes of at least 4 members (excludes halogenated alkanes) is 1. The Morgan fingerprint density at radius 2 is 2.22 bits per heavy atom. The van der Waals surface area contributed by atoms with Crippen LogP contribution >= 0.6 is 0 Å². The van der Waals surface area contributed by atoms with E-state index in [4.69, 9.17) is 10.8 Å². The number of hydrogen-bond donors (Lipinski definition) is 3. The molecule has 0 saturated carbocycles. The summed E-state index contributed by atoms with van der Waals surface area (Å²) in [7, 11) is 0. The van der Waals surface area contributed by atoms with Crippen LogP contribution in [-0.2, 0) is 11.3 Å². The predicted octanol–water partition coefficient (Wildman–Crippen LogP) is -0.778. The van der Waals surface area contributed by atoms with Crippen molar-refractivity contribution < 1.29 is 14.7 Å². The molecule has 0 saturated heterocycles. The highest BCUT2D eigenvalue weighted by molar-refractivity contribution is 5.84. The summed E-state index contributed by atoms with van der Waals surface area (Å²) < 4.78 is 1.38. The summed E-state index contributed by atoms with van der Waals surface area (Å²) in [5, 5.41) is 18.4.